The highest BCUT2D eigenvalue weighted by Gasteiger charge is 2.24. The van der Waals surface area contributed by atoms with E-state index >= 15 is 0 Å². The van der Waals surface area contributed by atoms with Crippen LogP contribution in [0.3, 0.4) is 0 Å². The van der Waals surface area contributed by atoms with E-state index in [0.717, 1.165) is 4.88 Å². The number of carbonyl (C=O) groups is 1. The summed E-state index contributed by atoms with van der Waals surface area (Å²) in [6, 6.07) is 8.81. The topological polar surface area (TPSA) is 72.5 Å². The molecule has 8 heteroatoms. The standard InChI is InChI=1S/C14H14ClNO4S2/c1-20-14(17)9-12(13-6-3-7-21-13)16-22(18,19)11-5-2-4-10(15)8-11/h2-8,12,16H,9H2,1H3. The number of benzene rings is 1. The van der Waals surface area contributed by atoms with Gasteiger partial charge in [-0.25, -0.2) is 13.1 Å². The van der Waals surface area contributed by atoms with Crippen LogP contribution in [0.15, 0.2) is 46.7 Å². The zero-order valence-corrected chi connectivity index (χ0v) is 14.0. The van der Waals surface area contributed by atoms with Crippen LogP contribution in [0, 0.1) is 0 Å². The van der Waals surface area contributed by atoms with E-state index in [0.29, 0.717) is 5.02 Å². The van der Waals surface area contributed by atoms with Gasteiger partial charge < -0.3 is 4.74 Å². The molecule has 0 fully saturated rings. The number of sulfonamides is 1. The number of halogens is 1. The lowest BCUT2D eigenvalue weighted by atomic mass is 10.2. The number of ether oxygens (including phenoxy) is 1. The molecule has 0 saturated carbocycles. The molecule has 1 aromatic heterocycles. The molecule has 118 valence electrons. The van der Waals surface area contributed by atoms with Crippen molar-refractivity contribution in [2.75, 3.05) is 7.11 Å². The number of nitrogens with one attached hydrogen (secondary N) is 1. The van der Waals surface area contributed by atoms with Crippen LogP contribution in [0.25, 0.3) is 0 Å². The maximum Gasteiger partial charge on any atom is 0.307 e. The van der Waals surface area contributed by atoms with Crippen LogP contribution < -0.4 is 4.72 Å². The van der Waals surface area contributed by atoms with Crippen LogP contribution in [-0.4, -0.2) is 21.5 Å². The highest BCUT2D eigenvalue weighted by Crippen LogP contribution is 2.25. The Hall–Kier alpha value is -1.41. The molecule has 1 heterocycles. The first-order valence-corrected chi connectivity index (χ1v) is 9.04. The predicted octanol–water partition coefficient (Wildman–Crippen LogP) is 2.98. The number of rotatable bonds is 6. The van der Waals surface area contributed by atoms with Crippen LogP contribution in [0.4, 0.5) is 0 Å². The predicted molar refractivity (Wildman–Crippen MR) is 85.5 cm³/mol. The summed E-state index contributed by atoms with van der Waals surface area (Å²) < 4.78 is 32.0. The van der Waals surface area contributed by atoms with E-state index in [4.69, 9.17) is 11.6 Å². The lowest BCUT2D eigenvalue weighted by Gasteiger charge is -2.16. The van der Waals surface area contributed by atoms with Crippen LogP contribution in [0.1, 0.15) is 17.3 Å². The number of esters is 1. The van der Waals surface area contributed by atoms with Gasteiger partial charge in [0.2, 0.25) is 10.0 Å². The normalized spacial score (nSPS) is 12.8. The molecule has 1 atom stereocenters. The summed E-state index contributed by atoms with van der Waals surface area (Å²) in [5.74, 6) is -0.493. The van der Waals surface area contributed by atoms with Crippen molar-refractivity contribution in [1.29, 1.82) is 0 Å². The highest BCUT2D eigenvalue weighted by atomic mass is 35.5. The molecule has 0 bridgehead atoms. The number of hydrogen-bond donors (Lipinski definition) is 1. The Morgan fingerprint density at radius 3 is 2.73 bits per heavy atom. The Labute approximate surface area is 137 Å². The highest BCUT2D eigenvalue weighted by molar-refractivity contribution is 7.89. The van der Waals surface area contributed by atoms with Crippen molar-refractivity contribution in [3.63, 3.8) is 0 Å². The molecule has 2 aromatic rings. The molecule has 0 amide bonds. The van der Waals surface area contributed by atoms with Gasteiger partial charge in [0.25, 0.3) is 0 Å². The van der Waals surface area contributed by atoms with Crippen molar-refractivity contribution in [3.05, 3.63) is 51.7 Å². The van der Waals surface area contributed by atoms with Crippen LogP contribution in [0.2, 0.25) is 5.02 Å². The van der Waals surface area contributed by atoms with Crippen LogP contribution in [-0.2, 0) is 19.6 Å². The molecule has 0 aliphatic carbocycles. The van der Waals surface area contributed by atoms with Crippen molar-refractivity contribution < 1.29 is 17.9 Å². The summed E-state index contributed by atoms with van der Waals surface area (Å²) in [7, 11) is -2.53. The summed E-state index contributed by atoms with van der Waals surface area (Å²) in [6.07, 6.45) is -0.0865. The second-order valence-corrected chi connectivity index (χ2v) is 7.56. The molecule has 0 saturated heterocycles. The van der Waals surface area contributed by atoms with Gasteiger partial charge >= 0.3 is 5.97 Å². The maximum absolute atomic E-state index is 12.4. The number of methoxy groups -OCH3 is 1. The van der Waals surface area contributed by atoms with Crippen molar-refractivity contribution in [2.24, 2.45) is 0 Å². The molecule has 1 aromatic carbocycles. The number of carbonyl (C=O) groups excluding carboxylic acids is 1. The quantitative estimate of drug-likeness (QED) is 0.805. The third-order valence-electron chi connectivity index (χ3n) is 2.89. The van der Waals surface area contributed by atoms with E-state index in [1.54, 1.807) is 24.3 Å². The van der Waals surface area contributed by atoms with E-state index in [9.17, 15) is 13.2 Å². The Kier molecular flexibility index (Phi) is 5.57. The average molecular weight is 360 g/mol. The van der Waals surface area contributed by atoms with Gasteiger partial charge in [-0.15, -0.1) is 11.3 Å². The van der Waals surface area contributed by atoms with E-state index < -0.39 is 22.0 Å². The summed E-state index contributed by atoms with van der Waals surface area (Å²) in [6.45, 7) is 0. The fourth-order valence-corrected chi connectivity index (χ4v) is 4.20. The molecule has 0 spiro atoms. The van der Waals surface area contributed by atoms with E-state index in [1.807, 2.05) is 5.38 Å². The first kappa shape index (κ1) is 17.0. The first-order chi connectivity index (χ1) is 10.4. The van der Waals surface area contributed by atoms with Gasteiger partial charge in [-0.1, -0.05) is 23.7 Å². The van der Waals surface area contributed by atoms with Crippen molar-refractivity contribution in [2.45, 2.75) is 17.4 Å². The second kappa shape index (κ2) is 7.23. The minimum Gasteiger partial charge on any atom is -0.469 e. The lowest BCUT2D eigenvalue weighted by Crippen LogP contribution is -2.30. The first-order valence-electron chi connectivity index (χ1n) is 6.30. The van der Waals surface area contributed by atoms with Crippen molar-refractivity contribution >= 4 is 38.9 Å². The Balaban J connectivity index is 2.28. The molecule has 1 unspecified atom stereocenters. The summed E-state index contributed by atoms with van der Waals surface area (Å²) in [5.41, 5.74) is 0. The average Bonchev–Trinajstić information content (AvgIpc) is 3.00. The van der Waals surface area contributed by atoms with Gasteiger partial charge in [0.15, 0.2) is 0 Å². The smallest absolute Gasteiger partial charge is 0.307 e. The Morgan fingerprint density at radius 2 is 2.14 bits per heavy atom. The van der Waals surface area contributed by atoms with Gasteiger partial charge in [-0.05, 0) is 29.6 Å². The van der Waals surface area contributed by atoms with Gasteiger partial charge in [0.05, 0.1) is 24.5 Å². The summed E-state index contributed by atoms with van der Waals surface area (Å²) >= 11 is 7.19. The summed E-state index contributed by atoms with van der Waals surface area (Å²) in [5, 5.41) is 2.14. The van der Waals surface area contributed by atoms with Crippen LogP contribution >= 0.6 is 22.9 Å². The van der Waals surface area contributed by atoms with Crippen molar-refractivity contribution in [3.8, 4) is 0 Å². The number of thiophene rings is 1. The molecule has 5 nitrogen and oxygen atoms in total. The molecular formula is C14H14ClNO4S2. The molecule has 0 aliphatic rings. The van der Waals surface area contributed by atoms with Crippen LogP contribution in [0.5, 0.6) is 0 Å². The minimum absolute atomic E-state index is 0.0476. The fraction of sp³-hybridized carbons (Fsp3) is 0.214. The SMILES string of the molecule is COC(=O)CC(NS(=O)(=O)c1cccc(Cl)c1)c1cccs1. The molecular weight excluding hydrogens is 346 g/mol. The van der Waals surface area contributed by atoms with E-state index in [2.05, 4.69) is 9.46 Å². The zero-order chi connectivity index (χ0) is 16.2. The van der Waals surface area contributed by atoms with Gasteiger partial charge in [0, 0.05) is 9.90 Å². The third-order valence-corrected chi connectivity index (χ3v) is 5.58. The van der Waals surface area contributed by atoms with E-state index in [1.165, 1.54) is 30.6 Å². The number of hydrogen-bond acceptors (Lipinski definition) is 5. The minimum atomic E-state index is -3.80. The van der Waals surface area contributed by atoms with Crippen molar-refractivity contribution in [1.82, 2.24) is 4.72 Å². The van der Waals surface area contributed by atoms with Gasteiger partial charge in [0.1, 0.15) is 0 Å². The van der Waals surface area contributed by atoms with E-state index in [-0.39, 0.29) is 11.3 Å². The van der Waals surface area contributed by atoms with Gasteiger partial charge in [-0.3, -0.25) is 4.79 Å². The zero-order valence-electron chi connectivity index (χ0n) is 11.7. The molecule has 22 heavy (non-hydrogen) atoms. The Bertz CT molecular complexity index is 744. The summed E-state index contributed by atoms with van der Waals surface area (Å²) in [4.78, 5) is 12.3. The lowest BCUT2D eigenvalue weighted by molar-refractivity contribution is -0.141. The largest absolute Gasteiger partial charge is 0.469 e. The molecule has 2 rings (SSSR count). The Morgan fingerprint density at radius 1 is 1.36 bits per heavy atom. The molecule has 0 aliphatic heterocycles. The maximum atomic E-state index is 12.4. The second-order valence-electron chi connectivity index (χ2n) is 4.43. The molecule has 1 N–H and O–H groups in total. The molecule has 0 radical (unpaired) electrons. The monoisotopic (exact) mass is 359 g/mol. The van der Waals surface area contributed by atoms with Gasteiger partial charge in [-0.2, -0.15) is 0 Å². The fourth-order valence-electron chi connectivity index (χ4n) is 1.83. The third kappa shape index (κ3) is 4.30.